The first-order valence-corrected chi connectivity index (χ1v) is 7.35. The van der Waals surface area contributed by atoms with Crippen molar-refractivity contribution in [3.05, 3.63) is 36.4 Å². The van der Waals surface area contributed by atoms with Gasteiger partial charge in [0.15, 0.2) is 0 Å². The van der Waals surface area contributed by atoms with Gasteiger partial charge in [0.25, 0.3) is 5.91 Å². The Morgan fingerprint density at radius 1 is 1.21 bits per heavy atom. The lowest BCUT2D eigenvalue weighted by molar-refractivity contribution is -0.111. The summed E-state index contributed by atoms with van der Waals surface area (Å²) in [6.45, 7) is 4.86. The Balaban J connectivity index is 2.08. The van der Waals surface area contributed by atoms with E-state index in [2.05, 4.69) is 16.6 Å². The first-order chi connectivity index (χ1) is 11.5. The Bertz CT molecular complexity index is 666. The number of carbonyl (C=O) groups is 3. The molecule has 1 aliphatic rings. The van der Waals surface area contributed by atoms with Crippen LogP contribution in [-0.4, -0.2) is 66.1 Å². The molecule has 2 N–H and O–H groups in total. The second-order valence-corrected chi connectivity index (χ2v) is 5.17. The third-order valence-corrected chi connectivity index (χ3v) is 3.69. The van der Waals surface area contributed by atoms with E-state index in [0.29, 0.717) is 31.7 Å². The van der Waals surface area contributed by atoms with Crippen molar-refractivity contribution in [3.63, 3.8) is 0 Å². The maximum absolute atomic E-state index is 12.5. The van der Waals surface area contributed by atoms with Crippen molar-refractivity contribution in [2.75, 3.05) is 38.6 Å². The van der Waals surface area contributed by atoms with Gasteiger partial charge in [0, 0.05) is 31.7 Å². The number of hydrogen-bond acceptors (Lipinski definition) is 5. The minimum atomic E-state index is -0.485. The van der Waals surface area contributed by atoms with E-state index in [1.54, 1.807) is 4.90 Å². The Labute approximate surface area is 139 Å². The molecule has 128 valence electrons. The topological polar surface area (TPSA) is 99.2 Å². The van der Waals surface area contributed by atoms with Gasteiger partial charge in [-0.3, -0.25) is 9.59 Å². The fourth-order valence-corrected chi connectivity index (χ4v) is 2.36. The van der Waals surface area contributed by atoms with E-state index in [9.17, 15) is 19.5 Å². The van der Waals surface area contributed by atoms with E-state index in [0.717, 1.165) is 6.08 Å². The molecule has 1 fully saturated rings. The lowest BCUT2D eigenvalue weighted by atomic mass is 10.1. The van der Waals surface area contributed by atoms with Crippen molar-refractivity contribution in [2.24, 2.45) is 0 Å². The quantitative estimate of drug-likeness (QED) is 0.636. The van der Waals surface area contributed by atoms with Crippen LogP contribution in [0.2, 0.25) is 0 Å². The molecule has 0 aromatic heterocycles. The predicted octanol–water partition coefficient (Wildman–Crippen LogP) is 1.04. The van der Waals surface area contributed by atoms with Crippen LogP contribution in [0, 0.1) is 0 Å². The van der Waals surface area contributed by atoms with E-state index in [1.165, 1.54) is 30.2 Å². The molecule has 24 heavy (non-hydrogen) atoms. The summed E-state index contributed by atoms with van der Waals surface area (Å²) in [4.78, 5) is 38.5. The molecule has 1 aromatic rings. The van der Waals surface area contributed by atoms with E-state index in [-0.39, 0.29) is 17.3 Å². The van der Waals surface area contributed by atoms with Gasteiger partial charge in [-0.15, -0.1) is 0 Å². The molecule has 1 aromatic carbocycles. The first-order valence-electron chi connectivity index (χ1n) is 7.35. The number of hydrogen-bond donors (Lipinski definition) is 2. The second kappa shape index (κ2) is 7.49. The van der Waals surface area contributed by atoms with Crippen LogP contribution in [0.25, 0.3) is 0 Å². The number of benzene rings is 1. The number of anilines is 1. The number of phenols is 1. The lowest BCUT2D eigenvalue weighted by Gasteiger charge is -2.33. The minimum absolute atomic E-state index is 0.138. The first kappa shape index (κ1) is 17.3. The molecule has 1 saturated heterocycles. The number of amides is 3. The molecule has 0 radical (unpaired) electrons. The smallest absolute Gasteiger partial charge is 0.409 e. The molecule has 8 nitrogen and oxygen atoms in total. The maximum atomic E-state index is 12.5. The van der Waals surface area contributed by atoms with E-state index < -0.39 is 12.0 Å². The standard InChI is InChI=1S/C16H19N3O5/c1-3-14(21)17-12-10-11(4-5-13(12)20)15(22)18-6-8-19(9-7-18)16(23)24-2/h3-5,10,20H,1,6-9H2,2H3,(H,17,21). The van der Waals surface area contributed by atoms with Crippen LogP contribution in [-0.2, 0) is 9.53 Å². The second-order valence-electron chi connectivity index (χ2n) is 5.17. The average molecular weight is 333 g/mol. The van der Waals surface area contributed by atoms with Gasteiger partial charge >= 0.3 is 6.09 Å². The Morgan fingerprint density at radius 2 is 1.83 bits per heavy atom. The number of rotatable bonds is 3. The summed E-state index contributed by atoms with van der Waals surface area (Å²) < 4.78 is 4.65. The molecule has 1 aliphatic heterocycles. The Kier molecular flexibility index (Phi) is 5.41. The summed E-state index contributed by atoms with van der Waals surface area (Å²) in [6, 6.07) is 4.23. The number of ether oxygens (including phenoxy) is 1. The highest BCUT2D eigenvalue weighted by atomic mass is 16.5. The molecule has 0 bridgehead atoms. The molecule has 8 heteroatoms. The Hall–Kier alpha value is -3.03. The number of phenolic OH excluding ortho intramolecular Hbond substituents is 1. The summed E-state index contributed by atoms with van der Waals surface area (Å²) >= 11 is 0. The summed E-state index contributed by atoms with van der Waals surface area (Å²) in [5.41, 5.74) is 0.470. The molecule has 0 saturated carbocycles. The summed E-state index contributed by atoms with van der Waals surface area (Å²) in [5.74, 6) is -0.868. The molecule has 0 aliphatic carbocycles. The third kappa shape index (κ3) is 3.83. The average Bonchev–Trinajstić information content (AvgIpc) is 2.62. The van der Waals surface area contributed by atoms with Gasteiger partial charge < -0.3 is 25.0 Å². The van der Waals surface area contributed by atoms with Crippen molar-refractivity contribution < 1.29 is 24.2 Å². The van der Waals surface area contributed by atoms with Crippen LogP contribution in [0.3, 0.4) is 0 Å². The molecule has 0 unspecified atom stereocenters. The third-order valence-electron chi connectivity index (χ3n) is 3.69. The fraction of sp³-hybridized carbons (Fsp3) is 0.312. The number of piperazine rings is 1. The number of nitrogens with one attached hydrogen (secondary N) is 1. The SMILES string of the molecule is C=CC(=O)Nc1cc(C(=O)N2CCN(C(=O)OC)CC2)ccc1O. The van der Waals surface area contributed by atoms with Crippen LogP contribution in [0.1, 0.15) is 10.4 Å². The van der Waals surface area contributed by atoms with Crippen LogP contribution in [0.5, 0.6) is 5.75 Å². The summed E-state index contributed by atoms with van der Waals surface area (Å²) in [7, 11) is 1.31. The minimum Gasteiger partial charge on any atom is -0.506 e. The van der Waals surface area contributed by atoms with Crippen LogP contribution in [0.15, 0.2) is 30.9 Å². The maximum Gasteiger partial charge on any atom is 0.409 e. The lowest BCUT2D eigenvalue weighted by Crippen LogP contribution is -2.50. The predicted molar refractivity (Wildman–Crippen MR) is 86.8 cm³/mol. The number of aromatic hydroxyl groups is 1. The molecule has 2 rings (SSSR count). The Morgan fingerprint density at radius 3 is 2.42 bits per heavy atom. The normalized spacial score (nSPS) is 14.0. The number of carbonyl (C=O) groups excluding carboxylic acids is 3. The van der Waals surface area contributed by atoms with E-state index >= 15 is 0 Å². The highest BCUT2D eigenvalue weighted by Gasteiger charge is 2.25. The van der Waals surface area contributed by atoms with Gasteiger partial charge in [-0.05, 0) is 24.3 Å². The molecule has 0 spiro atoms. The van der Waals surface area contributed by atoms with Gasteiger partial charge in [-0.2, -0.15) is 0 Å². The zero-order chi connectivity index (χ0) is 17.7. The van der Waals surface area contributed by atoms with Crippen LogP contribution < -0.4 is 5.32 Å². The van der Waals surface area contributed by atoms with Crippen LogP contribution in [0.4, 0.5) is 10.5 Å². The summed E-state index contributed by atoms with van der Waals surface area (Å²) in [5, 5.41) is 12.2. The largest absolute Gasteiger partial charge is 0.506 e. The summed E-state index contributed by atoms with van der Waals surface area (Å²) in [6.07, 6.45) is 0.654. The van der Waals surface area contributed by atoms with Crippen molar-refractivity contribution in [1.29, 1.82) is 0 Å². The highest BCUT2D eigenvalue weighted by Crippen LogP contribution is 2.25. The van der Waals surface area contributed by atoms with Crippen molar-refractivity contribution in [3.8, 4) is 5.75 Å². The molecule has 3 amide bonds. The number of nitrogens with zero attached hydrogens (tertiary/aromatic N) is 2. The fourth-order valence-electron chi connectivity index (χ4n) is 2.36. The van der Waals surface area contributed by atoms with Gasteiger partial charge in [0.05, 0.1) is 12.8 Å². The molecular weight excluding hydrogens is 314 g/mol. The van der Waals surface area contributed by atoms with Gasteiger partial charge in [0.2, 0.25) is 5.91 Å². The van der Waals surface area contributed by atoms with Gasteiger partial charge in [-0.25, -0.2) is 4.79 Å². The molecule has 0 atom stereocenters. The van der Waals surface area contributed by atoms with Crippen molar-refractivity contribution >= 4 is 23.6 Å². The zero-order valence-corrected chi connectivity index (χ0v) is 13.3. The van der Waals surface area contributed by atoms with Gasteiger partial charge in [-0.1, -0.05) is 6.58 Å². The highest BCUT2D eigenvalue weighted by molar-refractivity contribution is 6.02. The monoisotopic (exact) mass is 333 g/mol. The van der Waals surface area contributed by atoms with Gasteiger partial charge in [0.1, 0.15) is 5.75 Å². The van der Waals surface area contributed by atoms with Crippen molar-refractivity contribution in [2.45, 2.75) is 0 Å². The van der Waals surface area contributed by atoms with E-state index in [4.69, 9.17) is 0 Å². The number of methoxy groups -OCH3 is 1. The van der Waals surface area contributed by atoms with Crippen molar-refractivity contribution in [1.82, 2.24) is 9.80 Å². The molecular formula is C16H19N3O5. The molecule has 1 heterocycles. The van der Waals surface area contributed by atoms with Crippen LogP contribution >= 0.6 is 0 Å². The zero-order valence-electron chi connectivity index (χ0n) is 13.3. The van der Waals surface area contributed by atoms with E-state index in [1.807, 2.05) is 0 Å².